The van der Waals surface area contributed by atoms with Crippen molar-refractivity contribution in [2.24, 2.45) is 5.73 Å². The van der Waals surface area contributed by atoms with Crippen LogP contribution in [0.3, 0.4) is 0 Å². The highest BCUT2D eigenvalue weighted by Crippen LogP contribution is 2.25. The molecule has 0 aliphatic carbocycles. The average molecular weight is 289 g/mol. The van der Waals surface area contributed by atoms with Crippen LogP contribution in [0.4, 0.5) is 0 Å². The van der Waals surface area contributed by atoms with Crippen molar-refractivity contribution in [3.63, 3.8) is 0 Å². The number of rotatable bonds is 5. The van der Waals surface area contributed by atoms with Gasteiger partial charge in [0.2, 0.25) is 0 Å². The first-order valence-corrected chi connectivity index (χ1v) is 7.36. The Hall–Kier alpha value is -1.88. The number of nitrogen functional groups attached to an aromatic ring is 1. The minimum atomic E-state index is 0.0812. The summed E-state index contributed by atoms with van der Waals surface area (Å²) in [7, 11) is 0. The Morgan fingerprint density at radius 1 is 1.35 bits per heavy atom. The standard InChI is InChI=1S/C15H19N3OS/c1-4-11-14(15(16)17)20-12(18-11)8-19-13-9(2)6-5-7-10(13)3/h5-7H,4,8H2,1-3H3,(H3,16,17). The molecule has 0 aliphatic rings. The zero-order chi connectivity index (χ0) is 14.7. The van der Waals surface area contributed by atoms with Crippen LogP contribution < -0.4 is 10.5 Å². The molecular weight excluding hydrogens is 270 g/mol. The molecule has 0 fully saturated rings. The topological polar surface area (TPSA) is 72.0 Å². The summed E-state index contributed by atoms with van der Waals surface area (Å²) < 4.78 is 5.88. The molecule has 2 aromatic rings. The molecule has 2 rings (SSSR count). The maximum Gasteiger partial charge on any atom is 0.140 e. The quantitative estimate of drug-likeness (QED) is 0.656. The third kappa shape index (κ3) is 2.99. The monoisotopic (exact) mass is 289 g/mol. The molecule has 0 radical (unpaired) electrons. The minimum absolute atomic E-state index is 0.0812. The Labute approximate surface area is 123 Å². The third-order valence-electron chi connectivity index (χ3n) is 3.07. The van der Waals surface area contributed by atoms with Crippen LogP contribution in [0.1, 0.15) is 33.6 Å². The molecule has 0 atom stereocenters. The number of amidine groups is 1. The SMILES string of the molecule is CCc1nc(COc2c(C)cccc2C)sc1C(=N)N. The molecule has 106 valence electrons. The van der Waals surface area contributed by atoms with E-state index in [9.17, 15) is 0 Å². The first-order valence-electron chi connectivity index (χ1n) is 6.55. The lowest BCUT2D eigenvalue weighted by atomic mass is 10.1. The number of aryl methyl sites for hydroxylation is 3. The van der Waals surface area contributed by atoms with Gasteiger partial charge in [-0.05, 0) is 31.4 Å². The minimum Gasteiger partial charge on any atom is -0.486 e. The largest absolute Gasteiger partial charge is 0.486 e. The third-order valence-corrected chi connectivity index (χ3v) is 4.17. The summed E-state index contributed by atoms with van der Waals surface area (Å²) in [5.41, 5.74) is 8.68. The molecule has 1 heterocycles. The van der Waals surface area contributed by atoms with Crippen LogP contribution in [0, 0.1) is 19.3 Å². The predicted octanol–water partition coefficient (Wildman–Crippen LogP) is 3.19. The van der Waals surface area contributed by atoms with E-state index < -0.39 is 0 Å². The fraction of sp³-hybridized carbons (Fsp3) is 0.333. The number of para-hydroxylation sites is 1. The van der Waals surface area contributed by atoms with Crippen LogP contribution in [-0.2, 0) is 13.0 Å². The van der Waals surface area contributed by atoms with Crippen molar-refractivity contribution in [1.29, 1.82) is 5.41 Å². The lowest BCUT2D eigenvalue weighted by Crippen LogP contribution is -2.11. The molecular formula is C15H19N3OS. The fourth-order valence-electron chi connectivity index (χ4n) is 2.07. The molecule has 0 bridgehead atoms. The van der Waals surface area contributed by atoms with Gasteiger partial charge < -0.3 is 10.5 Å². The van der Waals surface area contributed by atoms with Gasteiger partial charge in [0, 0.05) is 0 Å². The van der Waals surface area contributed by atoms with Crippen molar-refractivity contribution < 1.29 is 4.74 Å². The second kappa shape index (κ2) is 6.05. The Kier molecular flexibility index (Phi) is 4.39. The molecule has 5 heteroatoms. The second-order valence-corrected chi connectivity index (χ2v) is 5.74. The number of benzene rings is 1. The van der Waals surface area contributed by atoms with Crippen LogP contribution >= 0.6 is 11.3 Å². The molecule has 0 saturated carbocycles. The first-order chi connectivity index (χ1) is 9.52. The van der Waals surface area contributed by atoms with E-state index in [0.717, 1.165) is 38.9 Å². The number of hydrogen-bond donors (Lipinski definition) is 2. The summed E-state index contributed by atoms with van der Waals surface area (Å²) in [6, 6.07) is 6.08. The zero-order valence-corrected chi connectivity index (χ0v) is 12.8. The summed E-state index contributed by atoms with van der Waals surface area (Å²) in [4.78, 5) is 5.25. The highest BCUT2D eigenvalue weighted by Gasteiger charge is 2.13. The Balaban J connectivity index is 2.17. The van der Waals surface area contributed by atoms with E-state index in [4.69, 9.17) is 15.9 Å². The molecule has 1 aromatic carbocycles. The molecule has 0 amide bonds. The molecule has 0 saturated heterocycles. The summed E-state index contributed by atoms with van der Waals surface area (Å²) in [6.45, 7) is 6.49. The number of ether oxygens (including phenoxy) is 1. The molecule has 1 aromatic heterocycles. The van der Waals surface area contributed by atoms with Crippen molar-refractivity contribution in [2.45, 2.75) is 33.8 Å². The number of nitrogens with two attached hydrogens (primary N) is 1. The summed E-state index contributed by atoms with van der Waals surface area (Å²) >= 11 is 1.44. The highest BCUT2D eigenvalue weighted by molar-refractivity contribution is 7.13. The van der Waals surface area contributed by atoms with Gasteiger partial charge in [0.05, 0.1) is 10.6 Å². The number of aromatic nitrogens is 1. The summed E-state index contributed by atoms with van der Waals surface area (Å²) in [5, 5.41) is 8.42. The van der Waals surface area contributed by atoms with Crippen molar-refractivity contribution in [1.82, 2.24) is 4.98 Å². The Morgan fingerprint density at radius 3 is 2.50 bits per heavy atom. The number of nitrogens with zero attached hydrogens (tertiary/aromatic N) is 1. The number of thiazole rings is 1. The second-order valence-electron chi connectivity index (χ2n) is 4.66. The maximum absolute atomic E-state index is 7.56. The van der Waals surface area contributed by atoms with Gasteiger partial charge in [-0.15, -0.1) is 11.3 Å². The summed E-state index contributed by atoms with van der Waals surface area (Å²) in [6.07, 6.45) is 0.773. The zero-order valence-electron chi connectivity index (χ0n) is 12.0. The molecule has 0 spiro atoms. The Bertz CT molecular complexity index is 614. The first kappa shape index (κ1) is 14.5. The molecule has 20 heavy (non-hydrogen) atoms. The van der Waals surface area contributed by atoms with E-state index in [2.05, 4.69) is 4.98 Å². The van der Waals surface area contributed by atoms with E-state index in [1.165, 1.54) is 11.3 Å². The number of hydrogen-bond acceptors (Lipinski definition) is 4. The molecule has 3 N–H and O–H groups in total. The van der Waals surface area contributed by atoms with Gasteiger partial charge in [-0.2, -0.15) is 0 Å². The van der Waals surface area contributed by atoms with Crippen LogP contribution in [0.2, 0.25) is 0 Å². The van der Waals surface area contributed by atoms with Gasteiger partial charge in [0.15, 0.2) is 0 Å². The van der Waals surface area contributed by atoms with Gasteiger partial charge in [0.1, 0.15) is 23.2 Å². The van der Waals surface area contributed by atoms with Crippen LogP contribution in [0.5, 0.6) is 5.75 Å². The predicted molar refractivity (Wildman–Crippen MR) is 82.8 cm³/mol. The number of nitrogens with one attached hydrogen (secondary N) is 1. The molecule has 0 unspecified atom stereocenters. The van der Waals surface area contributed by atoms with E-state index in [1.807, 2.05) is 39.0 Å². The smallest absolute Gasteiger partial charge is 0.140 e. The highest BCUT2D eigenvalue weighted by atomic mass is 32.1. The van der Waals surface area contributed by atoms with E-state index in [-0.39, 0.29) is 5.84 Å². The molecule has 4 nitrogen and oxygen atoms in total. The van der Waals surface area contributed by atoms with Gasteiger partial charge in [0.25, 0.3) is 0 Å². The van der Waals surface area contributed by atoms with Gasteiger partial charge in [-0.1, -0.05) is 25.1 Å². The molecule has 0 aliphatic heterocycles. The van der Waals surface area contributed by atoms with Crippen LogP contribution in [0.15, 0.2) is 18.2 Å². The fourth-order valence-corrected chi connectivity index (χ4v) is 3.00. The van der Waals surface area contributed by atoms with E-state index in [0.29, 0.717) is 6.61 Å². The van der Waals surface area contributed by atoms with Gasteiger partial charge in [-0.3, -0.25) is 5.41 Å². The van der Waals surface area contributed by atoms with Gasteiger partial charge in [-0.25, -0.2) is 4.98 Å². The van der Waals surface area contributed by atoms with Crippen molar-refractivity contribution >= 4 is 17.2 Å². The lowest BCUT2D eigenvalue weighted by molar-refractivity contribution is 0.301. The van der Waals surface area contributed by atoms with Crippen molar-refractivity contribution in [3.8, 4) is 5.75 Å². The summed E-state index contributed by atoms with van der Waals surface area (Å²) in [5.74, 6) is 0.989. The normalized spacial score (nSPS) is 10.6. The average Bonchev–Trinajstić information content (AvgIpc) is 2.81. The van der Waals surface area contributed by atoms with Crippen LogP contribution in [0.25, 0.3) is 0 Å². The maximum atomic E-state index is 7.56. The lowest BCUT2D eigenvalue weighted by Gasteiger charge is -2.10. The Morgan fingerprint density at radius 2 is 2.00 bits per heavy atom. The van der Waals surface area contributed by atoms with Gasteiger partial charge >= 0.3 is 0 Å². The van der Waals surface area contributed by atoms with Crippen LogP contribution in [-0.4, -0.2) is 10.8 Å². The van der Waals surface area contributed by atoms with Crippen molar-refractivity contribution in [2.75, 3.05) is 0 Å². The van der Waals surface area contributed by atoms with Crippen molar-refractivity contribution in [3.05, 3.63) is 44.9 Å². The van der Waals surface area contributed by atoms with E-state index in [1.54, 1.807) is 0 Å². The van der Waals surface area contributed by atoms with E-state index >= 15 is 0 Å².